The van der Waals surface area contributed by atoms with E-state index < -0.39 is 5.82 Å². The highest BCUT2D eigenvalue weighted by atomic mass is 19.1. The molecule has 0 saturated heterocycles. The molecule has 2 aromatic heterocycles. The van der Waals surface area contributed by atoms with E-state index >= 15 is 0 Å². The van der Waals surface area contributed by atoms with Gasteiger partial charge in [-0.15, -0.1) is 0 Å². The Bertz CT molecular complexity index is 851. The van der Waals surface area contributed by atoms with Gasteiger partial charge in [0, 0.05) is 5.56 Å². The number of nitriles is 1. The topological polar surface area (TPSA) is 71.9 Å². The lowest BCUT2D eigenvalue weighted by Crippen LogP contribution is -1.88. The third-order valence-electron chi connectivity index (χ3n) is 3.01. The number of pyridine rings is 1. The molecule has 0 radical (unpaired) electrons. The van der Waals surface area contributed by atoms with Gasteiger partial charge in [-0.25, -0.2) is 9.37 Å². The minimum absolute atomic E-state index is 0.330. The first-order valence-corrected chi connectivity index (χ1v) is 6.36. The lowest BCUT2D eigenvalue weighted by Gasteiger charge is -2.02. The van der Waals surface area contributed by atoms with Gasteiger partial charge in [-0.05, 0) is 30.3 Å². The van der Waals surface area contributed by atoms with Crippen molar-refractivity contribution in [3.8, 4) is 34.7 Å². The summed E-state index contributed by atoms with van der Waals surface area (Å²) in [5, 5.41) is 9.04. The van der Waals surface area contributed by atoms with Gasteiger partial charge in [0.1, 0.15) is 23.5 Å². The largest absolute Gasteiger partial charge is 0.497 e. The molecule has 108 valence electrons. The Balaban J connectivity index is 2.00. The smallest absolute Gasteiger partial charge is 0.226 e. The van der Waals surface area contributed by atoms with E-state index in [-0.39, 0.29) is 0 Å². The molecule has 0 unspecified atom stereocenters. The highest BCUT2D eigenvalue weighted by Gasteiger charge is 2.12. The normalized spacial score (nSPS) is 10.2. The van der Waals surface area contributed by atoms with Crippen LogP contribution in [0, 0.1) is 17.1 Å². The Morgan fingerprint density at radius 2 is 2.09 bits per heavy atom. The molecule has 0 aliphatic heterocycles. The number of ether oxygens (including phenoxy) is 1. The van der Waals surface area contributed by atoms with Gasteiger partial charge >= 0.3 is 0 Å². The summed E-state index contributed by atoms with van der Waals surface area (Å²) in [6.07, 6.45) is 2.55. The van der Waals surface area contributed by atoms with Crippen LogP contribution in [0.25, 0.3) is 22.8 Å². The van der Waals surface area contributed by atoms with Gasteiger partial charge in [-0.2, -0.15) is 5.26 Å². The van der Waals surface area contributed by atoms with Gasteiger partial charge in [0.05, 0.1) is 30.6 Å². The highest BCUT2D eigenvalue weighted by molar-refractivity contribution is 5.63. The number of hydrogen-bond donors (Lipinski definition) is 0. The number of methoxy groups -OCH3 is 1. The number of rotatable bonds is 3. The molecule has 0 atom stereocenters. The van der Waals surface area contributed by atoms with E-state index in [2.05, 4.69) is 16.0 Å². The Kier molecular flexibility index (Phi) is 3.54. The summed E-state index contributed by atoms with van der Waals surface area (Å²) in [5.74, 6) is 0.448. The van der Waals surface area contributed by atoms with Crippen LogP contribution in [-0.2, 0) is 0 Å². The number of aromatic nitrogens is 2. The van der Waals surface area contributed by atoms with Crippen LogP contribution in [0.2, 0.25) is 0 Å². The predicted molar refractivity (Wildman–Crippen MR) is 76.4 cm³/mol. The molecule has 3 aromatic rings. The maximum absolute atomic E-state index is 12.9. The molecule has 0 fully saturated rings. The average Bonchev–Trinajstić information content (AvgIpc) is 3.05. The Morgan fingerprint density at radius 3 is 2.77 bits per heavy atom. The predicted octanol–water partition coefficient (Wildman–Crippen LogP) is 3.42. The molecular weight excluding hydrogens is 285 g/mol. The van der Waals surface area contributed by atoms with Crippen LogP contribution in [-0.4, -0.2) is 17.1 Å². The van der Waals surface area contributed by atoms with Gasteiger partial charge in [-0.3, -0.25) is 4.98 Å². The summed E-state index contributed by atoms with van der Waals surface area (Å²) in [6, 6.07) is 9.86. The molecule has 5 nitrogen and oxygen atoms in total. The monoisotopic (exact) mass is 295 g/mol. The molecule has 6 heteroatoms. The SMILES string of the molecule is COc1cc(C#N)cc(-c2nc(-c3ccc(F)cn3)co2)c1. The molecule has 3 rings (SSSR count). The Labute approximate surface area is 125 Å². The van der Waals surface area contributed by atoms with Gasteiger partial charge < -0.3 is 9.15 Å². The van der Waals surface area contributed by atoms with Crippen molar-refractivity contribution in [2.45, 2.75) is 0 Å². The van der Waals surface area contributed by atoms with Crippen LogP contribution in [0.3, 0.4) is 0 Å². The van der Waals surface area contributed by atoms with Crippen molar-refractivity contribution in [2.75, 3.05) is 7.11 Å². The van der Waals surface area contributed by atoms with Crippen molar-refractivity contribution in [2.24, 2.45) is 0 Å². The van der Waals surface area contributed by atoms with Crippen molar-refractivity contribution in [3.63, 3.8) is 0 Å². The lowest BCUT2D eigenvalue weighted by atomic mass is 10.1. The third-order valence-corrected chi connectivity index (χ3v) is 3.01. The van der Waals surface area contributed by atoms with Gasteiger partial charge in [0.2, 0.25) is 5.89 Å². The first-order chi connectivity index (χ1) is 10.7. The molecule has 0 N–H and O–H groups in total. The third kappa shape index (κ3) is 2.65. The van der Waals surface area contributed by atoms with E-state index in [0.29, 0.717) is 34.2 Å². The summed E-state index contributed by atoms with van der Waals surface area (Å²) >= 11 is 0. The van der Waals surface area contributed by atoms with Gasteiger partial charge in [0.25, 0.3) is 0 Å². The molecule has 22 heavy (non-hydrogen) atoms. The van der Waals surface area contributed by atoms with Gasteiger partial charge in [-0.1, -0.05) is 0 Å². The first-order valence-electron chi connectivity index (χ1n) is 6.36. The minimum Gasteiger partial charge on any atom is -0.497 e. The van der Waals surface area contributed by atoms with Crippen LogP contribution in [0.4, 0.5) is 4.39 Å². The van der Waals surface area contributed by atoms with Crippen molar-refractivity contribution >= 4 is 0 Å². The number of benzene rings is 1. The standard InChI is InChI=1S/C16H10FN3O2/c1-21-13-5-10(7-18)4-11(6-13)16-20-15(9-22-16)14-3-2-12(17)8-19-14/h2-6,8-9H,1H3. The van der Waals surface area contributed by atoms with Gasteiger partial charge in [0.15, 0.2) is 0 Å². The zero-order valence-electron chi connectivity index (χ0n) is 11.6. The Hall–Kier alpha value is -3.20. The summed E-state index contributed by atoms with van der Waals surface area (Å²) in [7, 11) is 1.52. The molecule has 1 aromatic carbocycles. The van der Waals surface area contributed by atoms with Crippen LogP contribution >= 0.6 is 0 Å². The maximum atomic E-state index is 12.9. The van der Waals surface area contributed by atoms with E-state index in [9.17, 15) is 4.39 Å². The quantitative estimate of drug-likeness (QED) is 0.740. The van der Waals surface area contributed by atoms with E-state index in [4.69, 9.17) is 14.4 Å². The second kappa shape index (κ2) is 5.66. The fraction of sp³-hybridized carbons (Fsp3) is 0.0625. The molecule has 0 amide bonds. The van der Waals surface area contributed by atoms with Crippen molar-refractivity contribution in [3.05, 3.63) is 54.2 Å². The fourth-order valence-electron chi connectivity index (χ4n) is 1.96. The van der Waals surface area contributed by atoms with E-state index in [1.54, 1.807) is 18.2 Å². The van der Waals surface area contributed by atoms with E-state index in [1.807, 2.05) is 0 Å². The lowest BCUT2D eigenvalue weighted by molar-refractivity contribution is 0.414. The summed E-state index contributed by atoms with van der Waals surface area (Å²) < 4.78 is 23.5. The number of oxazole rings is 1. The molecule has 0 spiro atoms. The zero-order valence-corrected chi connectivity index (χ0v) is 11.6. The Morgan fingerprint density at radius 1 is 1.23 bits per heavy atom. The van der Waals surface area contributed by atoms with Crippen LogP contribution in [0.1, 0.15) is 5.56 Å². The minimum atomic E-state index is -0.418. The van der Waals surface area contributed by atoms with Crippen molar-refractivity contribution in [1.29, 1.82) is 5.26 Å². The van der Waals surface area contributed by atoms with Crippen LogP contribution < -0.4 is 4.74 Å². The summed E-state index contributed by atoms with van der Waals surface area (Å²) in [5.41, 5.74) is 2.04. The first kappa shape index (κ1) is 13.8. The molecule has 0 aliphatic rings. The number of hydrogen-bond acceptors (Lipinski definition) is 5. The number of halogens is 1. The fourth-order valence-corrected chi connectivity index (χ4v) is 1.96. The summed E-state index contributed by atoms with van der Waals surface area (Å²) in [4.78, 5) is 8.26. The molecule has 2 heterocycles. The molecular formula is C16H10FN3O2. The molecule has 0 bridgehead atoms. The second-order valence-corrected chi connectivity index (χ2v) is 4.46. The summed E-state index contributed by atoms with van der Waals surface area (Å²) in [6.45, 7) is 0. The van der Waals surface area contributed by atoms with Crippen molar-refractivity contribution in [1.82, 2.24) is 9.97 Å². The van der Waals surface area contributed by atoms with Crippen molar-refractivity contribution < 1.29 is 13.5 Å². The molecule has 0 saturated carbocycles. The van der Waals surface area contributed by atoms with E-state index in [1.165, 1.54) is 25.5 Å². The average molecular weight is 295 g/mol. The van der Waals surface area contributed by atoms with Crippen LogP contribution in [0.15, 0.2) is 47.2 Å². The maximum Gasteiger partial charge on any atom is 0.226 e. The van der Waals surface area contributed by atoms with E-state index in [0.717, 1.165) is 6.20 Å². The number of nitrogens with zero attached hydrogens (tertiary/aromatic N) is 3. The highest BCUT2D eigenvalue weighted by Crippen LogP contribution is 2.27. The second-order valence-electron chi connectivity index (χ2n) is 4.46. The van der Waals surface area contributed by atoms with Crippen LogP contribution in [0.5, 0.6) is 5.75 Å². The zero-order chi connectivity index (χ0) is 15.5. The molecule has 0 aliphatic carbocycles.